The molecule has 18 heavy (non-hydrogen) atoms. The van der Waals surface area contributed by atoms with Crippen LogP contribution in [0.3, 0.4) is 0 Å². The summed E-state index contributed by atoms with van der Waals surface area (Å²) in [6, 6.07) is 0.210. The quantitative estimate of drug-likeness (QED) is 0.704. The molecule has 2 atom stereocenters. The number of thioether (sulfide) groups is 1. The lowest BCUT2D eigenvalue weighted by Crippen LogP contribution is -2.42. The molecule has 96 valence electrons. The van der Waals surface area contributed by atoms with Gasteiger partial charge in [0, 0.05) is 11.8 Å². The topological polar surface area (TPSA) is 44.6 Å². The lowest BCUT2D eigenvalue weighted by Gasteiger charge is -2.30. The lowest BCUT2D eigenvalue weighted by atomic mass is 9.84. The van der Waals surface area contributed by atoms with Crippen LogP contribution in [0.15, 0.2) is 40.1 Å². The molecule has 3 aliphatic rings. The zero-order chi connectivity index (χ0) is 12.5. The van der Waals surface area contributed by atoms with E-state index in [-0.39, 0.29) is 6.04 Å². The Bertz CT molecular complexity index is 476. The van der Waals surface area contributed by atoms with Crippen molar-refractivity contribution in [3.05, 3.63) is 35.1 Å². The van der Waals surface area contributed by atoms with Gasteiger partial charge in [-0.15, -0.1) is 11.8 Å². The van der Waals surface area contributed by atoms with Crippen molar-refractivity contribution in [3.63, 3.8) is 0 Å². The van der Waals surface area contributed by atoms with Crippen molar-refractivity contribution >= 4 is 16.8 Å². The summed E-state index contributed by atoms with van der Waals surface area (Å²) in [6.45, 7) is 2.02. The Balaban J connectivity index is 2.05. The standard InChI is InChI=1S/C14H18N2OS/c1-9-15-11-6-2-4-10-5-3-7-12(14(10)11)16-13(17)8-18-9/h3,5-6,12-13,16-17H,2,4,7-8H2,1H3. The highest BCUT2D eigenvalue weighted by Crippen LogP contribution is 2.35. The van der Waals surface area contributed by atoms with Crippen molar-refractivity contribution in [2.75, 3.05) is 5.75 Å². The predicted octanol–water partition coefficient (Wildman–Crippen LogP) is 2.36. The van der Waals surface area contributed by atoms with Crippen LogP contribution >= 0.6 is 11.8 Å². The molecule has 4 heteroatoms. The second-order valence-electron chi connectivity index (χ2n) is 4.88. The fourth-order valence-corrected chi connectivity index (χ4v) is 3.41. The summed E-state index contributed by atoms with van der Waals surface area (Å²) in [5, 5.41) is 14.4. The van der Waals surface area contributed by atoms with Crippen LogP contribution in [0.1, 0.15) is 26.2 Å². The molecule has 3 rings (SSSR count). The van der Waals surface area contributed by atoms with Crippen molar-refractivity contribution in [1.29, 1.82) is 0 Å². The van der Waals surface area contributed by atoms with Crippen LogP contribution in [-0.2, 0) is 0 Å². The Kier molecular flexibility index (Phi) is 3.41. The molecule has 2 N–H and O–H groups in total. The molecule has 0 fully saturated rings. The van der Waals surface area contributed by atoms with Crippen molar-refractivity contribution < 1.29 is 5.11 Å². The second kappa shape index (κ2) is 5.03. The third-order valence-corrected chi connectivity index (χ3v) is 4.53. The molecule has 0 saturated carbocycles. The maximum Gasteiger partial charge on any atom is 0.114 e. The molecule has 2 aliphatic carbocycles. The molecule has 0 amide bonds. The Labute approximate surface area is 112 Å². The van der Waals surface area contributed by atoms with Crippen molar-refractivity contribution in [2.24, 2.45) is 4.99 Å². The third-order valence-electron chi connectivity index (χ3n) is 3.53. The molecular formula is C14H18N2OS. The second-order valence-corrected chi connectivity index (χ2v) is 6.09. The summed E-state index contributed by atoms with van der Waals surface area (Å²) >= 11 is 1.62. The molecule has 0 saturated heterocycles. The number of allylic oxidation sites excluding steroid dienone is 3. The molecular weight excluding hydrogens is 244 g/mol. The monoisotopic (exact) mass is 262 g/mol. The van der Waals surface area contributed by atoms with Crippen LogP contribution in [-0.4, -0.2) is 28.2 Å². The van der Waals surface area contributed by atoms with Crippen LogP contribution in [0.25, 0.3) is 0 Å². The van der Waals surface area contributed by atoms with E-state index in [9.17, 15) is 5.11 Å². The Hall–Kier alpha value is -0.840. The molecule has 0 spiro atoms. The van der Waals surface area contributed by atoms with E-state index in [0.717, 1.165) is 30.0 Å². The highest BCUT2D eigenvalue weighted by Gasteiger charge is 2.27. The smallest absolute Gasteiger partial charge is 0.114 e. The molecule has 1 heterocycles. The molecule has 0 aromatic rings. The normalized spacial score (nSPS) is 31.9. The number of nitrogens with zero attached hydrogens (tertiary/aromatic N) is 1. The van der Waals surface area contributed by atoms with E-state index in [4.69, 9.17) is 4.99 Å². The highest BCUT2D eigenvalue weighted by molar-refractivity contribution is 8.13. The number of aliphatic imine (C=N–C) groups is 1. The number of aliphatic hydroxyl groups excluding tert-OH is 1. The predicted molar refractivity (Wildman–Crippen MR) is 76.6 cm³/mol. The summed E-state index contributed by atoms with van der Waals surface area (Å²) in [7, 11) is 0. The molecule has 0 aromatic carbocycles. The molecule has 0 bridgehead atoms. The van der Waals surface area contributed by atoms with Gasteiger partial charge in [0.05, 0.1) is 10.7 Å². The summed E-state index contributed by atoms with van der Waals surface area (Å²) < 4.78 is 0. The first-order valence-corrected chi connectivity index (χ1v) is 7.45. The molecule has 0 aromatic heterocycles. The van der Waals surface area contributed by atoms with Crippen LogP contribution in [0.2, 0.25) is 0 Å². The van der Waals surface area contributed by atoms with Gasteiger partial charge < -0.3 is 5.11 Å². The minimum absolute atomic E-state index is 0.210. The summed E-state index contributed by atoms with van der Waals surface area (Å²) in [4.78, 5) is 4.73. The molecule has 1 aliphatic heterocycles. The van der Waals surface area contributed by atoms with E-state index < -0.39 is 6.23 Å². The van der Waals surface area contributed by atoms with E-state index in [1.165, 1.54) is 11.1 Å². The third kappa shape index (κ3) is 2.32. The molecule has 3 nitrogen and oxygen atoms in total. The van der Waals surface area contributed by atoms with Gasteiger partial charge in [0.1, 0.15) is 6.23 Å². The zero-order valence-electron chi connectivity index (χ0n) is 10.5. The van der Waals surface area contributed by atoms with E-state index in [0.29, 0.717) is 5.75 Å². The van der Waals surface area contributed by atoms with Crippen molar-refractivity contribution in [2.45, 2.75) is 38.5 Å². The average Bonchev–Trinajstić information content (AvgIpc) is 2.41. The zero-order valence-corrected chi connectivity index (χ0v) is 11.3. The minimum atomic E-state index is -0.466. The number of aliphatic hydroxyl groups is 1. The number of hydrogen-bond acceptors (Lipinski definition) is 4. The van der Waals surface area contributed by atoms with Gasteiger partial charge in [-0.3, -0.25) is 5.32 Å². The van der Waals surface area contributed by atoms with E-state index in [2.05, 4.69) is 23.5 Å². The Morgan fingerprint density at radius 2 is 2.39 bits per heavy atom. The van der Waals surface area contributed by atoms with Gasteiger partial charge in [0.25, 0.3) is 0 Å². The maximum atomic E-state index is 10.0. The highest BCUT2D eigenvalue weighted by atomic mass is 32.2. The largest absolute Gasteiger partial charge is 0.378 e. The maximum absolute atomic E-state index is 10.0. The lowest BCUT2D eigenvalue weighted by molar-refractivity contribution is 0.151. The van der Waals surface area contributed by atoms with E-state index in [1.54, 1.807) is 11.8 Å². The molecule has 0 radical (unpaired) electrons. The van der Waals surface area contributed by atoms with Gasteiger partial charge in [0.15, 0.2) is 0 Å². The van der Waals surface area contributed by atoms with Crippen LogP contribution in [0.4, 0.5) is 0 Å². The van der Waals surface area contributed by atoms with Gasteiger partial charge in [-0.2, -0.15) is 0 Å². The van der Waals surface area contributed by atoms with Gasteiger partial charge in [-0.1, -0.05) is 18.2 Å². The Morgan fingerprint density at radius 1 is 1.50 bits per heavy atom. The first-order chi connectivity index (χ1) is 8.74. The van der Waals surface area contributed by atoms with Crippen LogP contribution in [0, 0.1) is 0 Å². The van der Waals surface area contributed by atoms with Crippen LogP contribution < -0.4 is 5.32 Å². The number of hydrogen-bond donors (Lipinski definition) is 2. The van der Waals surface area contributed by atoms with Gasteiger partial charge in [-0.25, -0.2) is 4.99 Å². The SMILES string of the molecule is CC1=NC2=CCCC3=C2C(CC=C3)NC(O)CS1. The van der Waals surface area contributed by atoms with Crippen molar-refractivity contribution in [3.8, 4) is 0 Å². The fourth-order valence-electron chi connectivity index (χ4n) is 2.75. The van der Waals surface area contributed by atoms with E-state index in [1.807, 2.05) is 6.92 Å². The first kappa shape index (κ1) is 12.2. The van der Waals surface area contributed by atoms with Crippen LogP contribution in [0.5, 0.6) is 0 Å². The summed E-state index contributed by atoms with van der Waals surface area (Å²) in [5.41, 5.74) is 3.79. The average molecular weight is 262 g/mol. The fraction of sp³-hybridized carbons (Fsp3) is 0.500. The number of nitrogens with one attached hydrogen (secondary N) is 1. The van der Waals surface area contributed by atoms with Gasteiger partial charge in [0.2, 0.25) is 0 Å². The number of rotatable bonds is 0. The van der Waals surface area contributed by atoms with Gasteiger partial charge >= 0.3 is 0 Å². The minimum Gasteiger partial charge on any atom is -0.378 e. The summed E-state index contributed by atoms with van der Waals surface area (Å²) in [6.07, 6.45) is 9.28. The first-order valence-electron chi connectivity index (χ1n) is 6.46. The van der Waals surface area contributed by atoms with Gasteiger partial charge in [-0.05, 0) is 37.3 Å². The van der Waals surface area contributed by atoms with E-state index >= 15 is 0 Å². The van der Waals surface area contributed by atoms with Crippen molar-refractivity contribution in [1.82, 2.24) is 5.32 Å². The summed E-state index contributed by atoms with van der Waals surface area (Å²) in [5.74, 6) is 0.658. The Morgan fingerprint density at radius 3 is 3.28 bits per heavy atom. The molecule has 2 unspecified atom stereocenters.